The lowest BCUT2D eigenvalue weighted by Gasteiger charge is -2.32. The highest BCUT2D eigenvalue weighted by atomic mass is 16.5. The molecule has 132 valence electrons. The van der Waals surface area contributed by atoms with E-state index in [2.05, 4.69) is 77.7 Å². The number of hydrogen-bond donors (Lipinski definition) is 0. The molecule has 0 spiro atoms. The van der Waals surface area contributed by atoms with Crippen LogP contribution in [0.25, 0.3) is 0 Å². The van der Waals surface area contributed by atoms with Crippen molar-refractivity contribution in [3.8, 4) is 0 Å². The highest BCUT2D eigenvalue weighted by Gasteiger charge is 2.26. The van der Waals surface area contributed by atoms with Crippen molar-refractivity contribution >= 4 is 0 Å². The molecule has 1 rings (SSSR count). The molecule has 1 nitrogen and oxygen atoms in total. The average Bonchev–Trinajstić information content (AvgIpc) is 2.50. The highest BCUT2D eigenvalue weighted by Crippen LogP contribution is 2.40. The van der Waals surface area contributed by atoms with Crippen LogP contribution >= 0.6 is 0 Å². The number of allylic oxidation sites excluding steroid dienone is 9. The summed E-state index contributed by atoms with van der Waals surface area (Å²) in [5.41, 5.74) is 5.84. The maximum atomic E-state index is 5.36. The van der Waals surface area contributed by atoms with Gasteiger partial charge in [-0.1, -0.05) is 73.1 Å². The summed E-state index contributed by atoms with van der Waals surface area (Å²) in [6.07, 6.45) is 18.6. The molecule has 0 heterocycles. The summed E-state index contributed by atoms with van der Waals surface area (Å²) in [7, 11) is 0. The third-order valence-electron chi connectivity index (χ3n) is 4.53. The molecule has 0 atom stereocenters. The molecule has 0 aromatic rings. The molecule has 0 aromatic carbocycles. The maximum Gasteiger partial charge on any atom is 0.0657 e. The molecule has 1 heteroatoms. The molecule has 1 aliphatic rings. The van der Waals surface area contributed by atoms with Gasteiger partial charge in [-0.3, -0.25) is 0 Å². The van der Waals surface area contributed by atoms with Gasteiger partial charge in [-0.05, 0) is 51.0 Å². The van der Waals surface area contributed by atoms with Gasteiger partial charge < -0.3 is 4.74 Å². The Hall–Kier alpha value is -1.60. The van der Waals surface area contributed by atoms with E-state index in [1.54, 1.807) is 11.6 Å². The van der Waals surface area contributed by atoms with Crippen molar-refractivity contribution in [1.82, 2.24) is 0 Å². The minimum atomic E-state index is 0.305. The van der Waals surface area contributed by atoms with Gasteiger partial charge in [0.1, 0.15) is 0 Å². The summed E-state index contributed by atoms with van der Waals surface area (Å²) >= 11 is 0. The topological polar surface area (TPSA) is 9.23 Å². The molecule has 0 bridgehead atoms. The van der Waals surface area contributed by atoms with Gasteiger partial charge in [0.05, 0.1) is 13.2 Å². The second-order valence-corrected chi connectivity index (χ2v) is 7.31. The Morgan fingerprint density at radius 2 is 1.92 bits per heavy atom. The lowest BCUT2D eigenvalue weighted by Crippen LogP contribution is -2.19. The molecular formula is C23H34O. The first-order valence-electron chi connectivity index (χ1n) is 8.95. The predicted molar refractivity (Wildman–Crippen MR) is 107 cm³/mol. The lowest BCUT2D eigenvalue weighted by atomic mass is 9.72. The van der Waals surface area contributed by atoms with Crippen molar-refractivity contribution < 1.29 is 4.74 Å². The first-order chi connectivity index (χ1) is 11.4. The van der Waals surface area contributed by atoms with E-state index in [-0.39, 0.29) is 0 Å². The molecule has 0 fully saturated rings. The van der Waals surface area contributed by atoms with Crippen LogP contribution in [0.15, 0.2) is 71.4 Å². The zero-order chi connectivity index (χ0) is 18.0. The fourth-order valence-corrected chi connectivity index (χ4v) is 3.04. The Bertz CT molecular complexity index is 565. The normalized spacial score (nSPS) is 19.5. The lowest BCUT2D eigenvalue weighted by molar-refractivity contribution is 0.194. The van der Waals surface area contributed by atoms with Crippen LogP contribution in [0.2, 0.25) is 0 Å². The van der Waals surface area contributed by atoms with Crippen LogP contribution in [-0.2, 0) is 4.74 Å². The molecule has 0 N–H and O–H groups in total. The fraction of sp³-hybridized carbons (Fsp3) is 0.478. The van der Waals surface area contributed by atoms with Crippen molar-refractivity contribution in [1.29, 1.82) is 0 Å². The molecule has 0 unspecified atom stereocenters. The molecule has 0 aromatic heterocycles. The van der Waals surface area contributed by atoms with E-state index in [0.717, 1.165) is 0 Å². The minimum Gasteiger partial charge on any atom is -0.373 e. The molecule has 0 saturated carbocycles. The van der Waals surface area contributed by atoms with E-state index in [9.17, 15) is 0 Å². The second-order valence-electron chi connectivity index (χ2n) is 7.31. The molecule has 0 radical (unpaired) electrons. The van der Waals surface area contributed by atoms with Gasteiger partial charge in [0.2, 0.25) is 0 Å². The minimum absolute atomic E-state index is 0.305. The Labute approximate surface area is 149 Å². The standard InChI is InChI=1S/C23H34O/c1-7-17-24-18-15-20(3)11-8-10-19(2)13-14-22-21(4)12-9-16-23(22,5)6/h7-8,10-11,13-15H,1,9,12,16-18H2,2-6H3/b11-8+,14-13+,19-10+,20-15+. The highest BCUT2D eigenvalue weighted by molar-refractivity contribution is 5.37. The first-order valence-corrected chi connectivity index (χ1v) is 8.95. The van der Waals surface area contributed by atoms with Crippen molar-refractivity contribution in [2.45, 2.75) is 53.9 Å². The van der Waals surface area contributed by atoms with Crippen LogP contribution in [0.3, 0.4) is 0 Å². The van der Waals surface area contributed by atoms with Crippen molar-refractivity contribution in [3.63, 3.8) is 0 Å². The molecule has 1 aliphatic carbocycles. The van der Waals surface area contributed by atoms with Crippen molar-refractivity contribution in [3.05, 3.63) is 71.4 Å². The van der Waals surface area contributed by atoms with Gasteiger partial charge in [0, 0.05) is 0 Å². The third-order valence-corrected chi connectivity index (χ3v) is 4.53. The summed E-state index contributed by atoms with van der Waals surface area (Å²) in [5, 5.41) is 0. The molecule has 0 amide bonds. The Kier molecular flexibility index (Phi) is 8.78. The van der Waals surface area contributed by atoms with E-state index in [1.807, 2.05) is 0 Å². The van der Waals surface area contributed by atoms with Crippen LogP contribution in [-0.4, -0.2) is 13.2 Å². The Morgan fingerprint density at radius 3 is 2.58 bits per heavy atom. The van der Waals surface area contributed by atoms with Gasteiger partial charge in [-0.25, -0.2) is 0 Å². The summed E-state index contributed by atoms with van der Waals surface area (Å²) in [5.74, 6) is 0. The van der Waals surface area contributed by atoms with Crippen molar-refractivity contribution in [2.24, 2.45) is 5.41 Å². The van der Waals surface area contributed by atoms with Gasteiger partial charge in [-0.2, -0.15) is 0 Å². The number of ether oxygens (including phenoxy) is 1. The van der Waals surface area contributed by atoms with Gasteiger partial charge in [0.15, 0.2) is 0 Å². The zero-order valence-corrected chi connectivity index (χ0v) is 16.2. The van der Waals surface area contributed by atoms with Crippen LogP contribution in [0, 0.1) is 5.41 Å². The average molecular weight is 327 g/mol. The van der Waals surface area contributed by atoms with E-state index in [0.29, 0.717) is 18.6 Å². The number of rotatable bonds is 8. The van der Waals surface area contributed by atoms with E-state index in [4.69, 9.17) is 4.74 Å². The summed E-state index contributed by atoms with van der Waals surface area (Å²) in [6.45, 7) is 16.1. The van der Waals surface area contributed by atoms with Crippen LogP contribution in [0.5, 0.6) is 0 Å². The van der Waals surface area contributed by atoms with Crippen LogP contribution in [0.4, 0.5) is 0 Å². The monoisotopic (exact) mass is 326 g/mol. The number of hydrogen-bond acceptors (Lipinski definition) is 1. The first kappa shape index (κ1) is 20.4. The summed E-state index contributed by atoms with van der Waals surface area (Å²) in [6, 6.07) is 0. The van der Waals surface area contributed by atoms with Crippen molar-refractivity contribution in [2.75, 3.05) is 13.2 Å². The molecule has 0 saturated heterocycles. The predicted octanol–water partition coefficient (Wildman–Crippen LogP) is 6.72. The summed E-state index contributed by atoms with van der Waals surface area (Å²) < 4.78 is 5.36. The molecular weight excluding hydrogens is 292 g/mol. The fourth-order valence-electron chi connectivity index (χ4n) is 3.04. The second kappa shape index (κ2) is 10.3. The van der Waals surface area contributed by atoms with Gasteiger partial charge >= 0.3 is 0 Å². The van der Waals surface area contributed by atoms with Gasteiger partial charge in [0.25, 0.3) is 0 Å². The maximum absolute atomic E-state index is 5.36. The zero-order valence-electron chi connectivity index (χ0n) is 16.2. The summed E-state index contributed by atoms with van der Waals surface area (Å²) in [4.78, 5) is 0. The third kappa shape index (κ3) is 7.31. The van der Waals surface area contributed by atoms with E-state index >= 15 is 0 Å². The largest absolute Gasteiger partial charge is 0.373 e. The SMILES string of the molecule is C=CCOC/C=C(C)/C=C/C=C(C)/C=C/C1=C(C)CCCC1(C)C. The van der Waals surface area contributed by atoms with Crippen LogP contribution < -0.4 is 0 Å². The molecule has 24 heavy (non-hydrogen) atoms. The smallest absolute Gasteiger partial charge is 0.0657 e. The quantitative estimate of drug-likeness (QED) is 0.273. The molecule has 0 aliphatic heterocycles. The van der Waals surface area contributed by atoms with Gasteiger partial charge in [-0.15, -0.1) is 6.58 Å². The Balaban J connectivity index is 2.63. The van der Waals surface area contributed by atoms with Crippen LogP contribution in [0.1, 0.15) is 53.9 Å². The van der Waals surface area contributed by atoms with E-state index < -0.39 is 0 Å². The van der Waals surface area contributed by atoms with E-state index in [1.165, 1.54) is 36.0 Å². The Morgan fingerprint density at radius 1 is 1.17 bits per heavy atom.